The normalized spacial score (nSPS) is 17.2. The van der Waals surface area contributed by atoms with Gasteiger partial charge >= 0.3 is 0 Å². The number of para-hydroxylation sites is 1. The van der Waals surface area contributed by atoms with Crippen molar-refractivity contribution in [2.45, 2.75) is 23.8 Å². The minimum atomic E-state index is -3.71. The number of hydrogen-bond donors (Lipinski definition) is 2. The van der Waals surface area contributed by atoms with Crippen molar-refractivity contribution in [3.05, 3.63) is 53.6 Å². The van der Waals surface area contributed by atoms with Crippen molar-refractivity contribution in [2.24, 2.45) is 0 Å². The van der Waals surface area contributed by atoms with Crippen LogP contribution in [0.25, 0.3) is 0 Å². The van der Waals surface area contributed by atoms with Crippen molar-refractivity contribution in [1.82, 2.24) is 5.32 Å². The number of nitrogens with one attached hydrogen (secondary N) is 2. The second kappa shape index (κ2) is 8.07. The zero-order valence-electron chi connectivity index (χ0n) is 15.0. The summed E-state index contributed by atoms with van der Waals surface area (Å²) >= 11 is 0. The first-order valence-corrected chi connectivity index (χ1v) is 10.0. The van der Waals surface area contributed by atoms with Crippen LogP contribution in [0.1, 0.15) is 23.5 Å². The van der Waals surface area contributed by atoms with Gasteiger partial charge in [-0.15, -0.1) is 0 Å². The predicted molar refractivity (Wildman–Crippen MR) is 101 cm³/mol. The third-order valence-electron chi connectivity index (χ3n) is 4.57. The van der Waals surface area contributed by atoms with Crippen molar-refractivity contribution >= 4 is 15.7 Å². The molecule has 0 saturated carbocycles. The first-order valence-electron chi connectivity index (χ1n) is 8.53. The molecule has 0 radical (unpaired) electrons. The van der Waals surface area contributed by atoms with Gasteiger partial charge in [0.15, 0.2) is 0 Å². The zero-order chi connectivity index (χ0) is 18.6. The highest BCUT2D eigenvalue weighted by molar-refractivity contribution is 7.92. The number of methoxy groups -OCH3 is 2. The largest absolute Gasteiger partial charge is 0.496 e. The molecule has 2 aromatic rings. The van der Waals surface area contributed by atoms with Crippen LogP contribution >= 0.6 is 0 Å². The minimum Gasteiger partial charge on any atom is -0.496 e. The van der Waals surface area contributed by atoms with Gasteiger partial charge in [-0.2, -0.15) is 0 Å². The molecule has 1 atom stereocenters. The molecule has 26 heavy (non-hydrogen) atoms. The van der Waals surface area contributed by atoms with E-state index in [9.17, 15) is 8.42 Å². The lowest BCUT2D eigenvalue weighted by molar-refractivity contribution is 0.185. The maximum atomic E-state index is 12.9. The molecule has 1 saturated heterocycles. The molecule has 2 N–H and O–H groups in total. The molecule has 0 aromatic heterocycles. The van der Waals surface area contributed by atoms with Crippen LogP contribution in [-0.2, 0) is 21.4 Å². The monoisotopic (exact) mass is 376 g/mol. The van der Waals surface area contributed by atoms with Gasteiger partial charge in [-0.3, -0.25) is 4.72 Å². The lowest BCUT2D eigenvalue weighted by Gasteiger charge is -2.17. The summed E-state index contributed by atoms with van der Waals surface area (Å²) in [6, 6.07) is 12.2. The Morgan fingerprint density at radius 3 is 2.69 bits per heavy atom. The second-order valence-electron chi connectivity index (χ2n) is 6.29. The Hall–Kier alpha value is -2.09. The van der Waals surface area contributed by atoms with E-state index in [-0.39, 0.29) is 10.8 Å². The van der Waals surface area contributed by atoms with Crippen molar-refractivity contribution in [3.63, 3.8) is 0 Å². The summed E-state index contributed by atoms with van der Waals surface area (Å²) in [5.74, 6) is 0.971. The average Bonchev–Trinajstić information content (AvgIpc) is 3.17. The van der Waals surface area contributed by atoms with Gasteiger partial charge in [-0.25, -0.2) is 8.42 Å². The molecule has 0 bridgehead atoms. The van der Waals surface area contributed by atoms with E-state index in [4.69, 9.17) is 9.47 Å². The summed E-state index contributed by atoms with van der Waals surface area (Å²) in [6.45, 7) is 2.08. The van der Waals surface area contributed by atoms with E-state index in [0.717, 1.165) is 36.4 Å². The van der Waals surface area contributed by atoms with Crippen LogP contribution in [0.4, 0.5) is 5.69 Å². The van der Waals surface area contributed by atoms with E-state index in [0.29, 0.717) is 12.3 Å². The van der Waals surface area contributed by atoms with Gasteiger partial charge in [0.25, 0.3) is 10.0 Å². The zero-order valence-corrected chi connectivity index (χ0v) is 15.8. The molecule has 0 spiro atoms. The van der Waals surface area contributed by atoms with Crippen molar-refractivity contribution < 1.29 is 17.9 Å². The summed E-state index contributed by atoms with van der Waals surface area (Å²) in [5.41, 5.74) is 2.23. The van der Waals surface area contributed by atoms with Crippen LogP contribution in [0, 0.1) is 0 Å². The predicted octanol–water partition coefficient (Wildman–Crippen LogP) is 2.72. The van der Waals surface area contributed by atoms with E-state index in [2.05, 4.69) is 10.0 Å². The Labute approximate surface area is 154 Å². The lowest BCUT2D eigenvalue weighted by Crippen LogP contribution is -2.15. The van der Waals surface area contributed by atoms with Gasteiger partial charge in [0, 0.05) is 25.1 Å². The first-order chi connectivity index (χ1) is 12.5. The molecule has 0 aliphatic carbocycles. The van der Waals surface area contributed by atoms with Gasteiger partial charge in [-0.05, 0) is 42.8 Å². The van der Waals surface area contributed by atoms with Gasteiger partial charge in [0.1, 0.15) is 5.75 Å². The summed E-state index contributed by atoms with van der Waals surface area (Å²) < 4.78 is 39.1. The highest BCUT2D eigenvalue weighted by Crippen LogP contribution is 2.33. The average molecular weight is 376 g/mol. The summed E-state index contributed by atoms with van der Waals surface area (Å²) in [6.07, 6.45) is 0.962. The van der Waals surface area contributed by atoms with E-state index in [1.165, 1.54) is 0 Å². The van der Waals surface area contributed by atoms with Crippen molar-refractivity contribution in [2.75, 3.05) is 32.0 Å². The Bertz CT molecular complexity index is 862. The van der Waals surface area contributed by atoms with Crippen LogP contribution < -0.4 is 14.8 Å². The Morgan fingerprint density at radius 1 is 1.19 bits per heavy atom. The van der Waals surface area contributed by atoms with Crippen LogP contribution in [0.3, 0.4) is 0 Å². The number of rotatable bonds is 7. The quantitative estimate of drug-likeness (QED) is 0.777. The van der Waals surface area contributed by atoms with Crippen LogP contribution in [-0.4, -0.2) is 35.7 Å². The molecule has 140 valence electrons. The van der Waals surface area contributed by atoms with E-state index < -0.39 is 10.0 Å². The van der Waals surface area contributed by atoms with E-state index in [1.54, 1.807) is 44.6 Å². The minimum absolute atomic E-state index is 0.229. The highest BCUT2D eigenvalue weighted by Gasteiger charge is 2.24. The Kier molecular flexibility index (Phi) is 5.80. The molecule has 1 aliphatic heterocycles. The van der Waals surface area contributed by atoms with E-state index >= 15 is 0 Å². The standard InChI is InChI=1S/C19H24N2O4S/c1-24-13-15-5-3-4-6-18(15)21-26(22,23)16-7-8-19(25-2)17(11-16)14-9-10-20-12-14/h3-8,11,14,20-21H,9-10,12-13H2,1-2H3. The molecule has 3 rings (SSSR count). The van der Waals surface area contributed by atoms with Gasteiger partial charge in [0.2, 0.25) is 0 Å². The van der Waals surface area contributed by atoms with E-state index in [1.807, 2.05) is 12.1 Å². The first kappa shape index (κ1) is 18.7. The fraction of sp³-hybridized carbons (Fsp3) is 0.368. The number of benzene rings is 2. The van der Waals surface area contributed by atoms with Crippen LogP contribution in [0.2, 0.25) is 0 Å². The summed E-state index contributed by atoms with van der Waals surface area (Å²) in [7, 11) is -0.527. The highest BCUT2D eigenvalue weighted by atomic mass is 32.2. The van der Waals surface area contributed by atoms with Gasteiger partial charge in [-0.1, -0.05) is 18.2 Å². The van der Waals surface area contributed by atoms with Crippen molar-refractivity contribution in [1.29, 1.82) is 0 Å². The van der Waals surface area contributed by atoms with Gasteiger partial charge < -0.3 is 14.8 Å². The molecular formula is C19H24N2O4S. The lowest BCUT2D eigenvalue weighted by atomic mass is 9.97. The third kappa shape index (κ3) is 4.00. The third-order valence-corrected chi connectivity index (χ3v) is 5.94. The smallest absolute Gasteiger partial charge is 0.261 e. The van der Waals surface area contributed by atoms with Crippen LogP contribution in [0.15, 0.2) is 47.4 Å². The molecular weight excluding hydrogens is 352 g/mol. The molecule has 6 nitrogen and oxygen atoms in total. The van der Waals surface area contributed by atoms with Crippen molar-refractivity contribution in [3.8, 4) is 5.75 Å². The summed E-state index contributed by atoms with van der Waals surface area (Å²) in [4.78, 5) is 0.229. The topological polar surface area (TPSA) is 76.7 Å². The molecule has 1 aliphatic rings. The number of sulfonamides is 1. The fourth-order valence-corrected chi connectivity index (χ4v) is 4.36. The second-order valence-corrected chi connectivity index (χ2v) is 7.97. The molecule has 0 amide bonds. The Morgan fingerprint density at radius 2 is 2.00 bits per heavy atom. The summed E-state index contributed by atoms with van der Waals surface area (Å²) in [5, 5.41) is 3.31. The maximum Gasteiger partial charge on any atom is 0.261 e. The van der Waals surface area contributed by atoms with Crippen LogP contribution in [0.5, 0.6) is 5.75 Å². The molecule has 1 fully saturated rings. The molecule has 7 heteroatoms. The maximum absolute atomic E-state index is 12.9. The molecule has 1 heterocycles. The molecule has 1 unspecified atom stereocenters. The van der Waals surface area contributed by atoms with Gasteiger partial charge in [0.05, 0.1) is 24.3 Å². The fourth-order valence-electron chi connectivity index (χ4n) is 3.22. The number of ether oxygens (including phenoxy) is 2. The Balaban J connectivity index is 1.93. The SMILES string of the molecule is COCc1ccccc1NS(=O)(=O)c1ccc(OC)c(C2CCNC2)c1. The number of anilines is 1. The molecule has 2 aromatic carbocycles. The number of hydrogen-bond acceptors (Lipinski definition) is 5.